The molecule has 2 fully saturated rings. The molecule has 0 spiro atoms. The maximum absolute atomic E-state index is 12.3. The maximum atomic E-state index is 12.3. The summed E-state index contributed by atoms with van der Waals surface area (Å²) in [6.45, 7) is 24.5. The third kappa shape index (κ3) is 16.7. The van der Waals surface area contributed by atoms with Gasteiger partial charge in [-0.25, -0.2) is 0 Å². The Bertz CT molecular complexity index is 1340. The number of likely N-dealkylation sites (tertiary alicyclic amines) is 2. The maximum Gasteiger partial charge on any atom is 0.311 e. The van der Waals surface area contributed by atoms with Crippen LogP contribution >= 0.6 is 12.4 Å². The number of quaternary nitrogens is 1. The molecule has 0 atom stereocenters. The minimum atomic E-state index is -0.348. The lowest BCUT2D eigenvalue weighted by Crippen LogP contribution is -3.10. The molecule has 4 rings (SSSR count). The van der Waals surface area contributed by atoms with E-state index in [1.807, 2.05) is 36.4 Å². The average molecular weight is 787 g/mol. The van der Waals surface area contributed by atoms with Gasteiger partial charge in [0.25, 0.3) is 0 Å². The molecule has 0 bridgehead atoms. The summed E-state index contributed by atoms with van der Waals surface area (Å²) in [6, 6.07) is 12.0. The number of carbonyl (C=O) groups excluding carboxylic acids is 4. The van der Waals surface area contributed by atoms with Gasteiger partial charge in [-0.2, -0.15) is 0 Å². The summed E-state index contributed by atoms with van der Waals surface area (Å²) in [4.78, 5) is 52.6. The zero-order valence-corrected chi connectivity index (χ0v) is 35.7. The van der Waals surface area contributed by atoms with Gasteiger partial charge in [0.15, 0.2) is 0 Å². The number of nitrogens with one attached hydrogen (secondary N) is 3. The molecule has 2 saturated heterocycles. The van der Waals surface area contributed by atoms with Gasteiger partial charge in [0.05, 0.1) is 39.0 Å². The quantitative estimate of drug-likeness (QED) is 0.114. The molecule has 2 aliphatic heterocycles. The minimum Gasteiger partial charge on any atom is -0.426 e. The van der Waals surface area contributed by atoms with Crippen molar-refractivity contribution in [3.8, 4) is 11.5 Å². The second-order valence-electron chi connectivity index (χ2n) is 16.1. The van der Waals surface area contributed by atoms with Crippen LogP contribution in [-0.4, -0.2) is 81.0 Å². The van der Waals surface area contributed by atoms with Crippen LogP contribution in [0.25, 0.3) is 0 Å². The van der Waals surface area contributed by atoms with Crippen molar-refractivity contribution >= 4 is 36.2 Å². The molecule has 2 amide bonds. The van der Waals surface area contributed by atoms with Crippen molar-refractivity contribution < 1.29 is 33.6 Å². The Kier molecular flexibility index (Phi) is 21.6. The number of hydrogen-bond acceptors (Lipinski definition) is 7. The molecule has 0 unspecified atom stereocenters. The molecule has 308 valence electrons. The molecule has 55 heavy (non-hydrogen) atoms. The van der Waals surface area contributed by atoms with E-state index >= 15 is 0 Å². The highest BCUT2D eigenvalue weighted by Gasteiger charge is 2.21. The fraction of sp³-hybridized carbons (Fsp3) is 0.636. The molecular weight excluding hydrogens is 716 g/mol. The van der Waals surface area contributed by atoms with Gasteiger partial charge in [-0.3, -0.25) is 19.2 Å². The minimum absolute atomic E-state index is 0. The molecule has 0 aromatic heterocycles. The number of hydrogen-bond donors (Lipinski definition) is 3. The predicted octanol–water partition coefficient (Wildman–Crippen LogP) is 6.67. The van der Waals surface area contributed by atoms with E-state index in [2.05, 4.69) is 70.9 Å². The van der Waals surface area contributed by atoms with Crippen LogP contribution in [0, 0.1) is 0 Å². The monoisotopic (exact) mass is 785 g/mol. The van der Waals surface area contributed by atoms with Crippen LogP contribution in [0.4, 0.5) is 0 Å². The molecule has 0 saturated carbocycles. The number of amides is 2. The number of benzene rings is 2. The molecule has 2 heterocycles. The first-order valence-corrected chi connectivity index (χ1v) is 20.5. The van der Waals surface area contributed by atoms with E-state index in [1.165, 1.54) is 38.8 Å². The van der Waals surface area contributed by atoms with Crippen LogP contribution in [0.2, 0.25) is 0 Å². The summed E-state index contributed by atoms with van der Waals surface area (Å²) in [7, 11) is 0. The zero-order valence-electron chi connectivity index (χ0n) is 34.9. The lowest BCUT2D eigenvalue weighted by molar-refractivity contribution is -0.886. The second kappa shape index (κ2) is 24.9. The first-order valence-electron chi connectivity index (χ1n) is 20.5. The summed E-state index contributed by atoms with van der Waals surface area (Å²) >= 11 is 0. The molecule has 0 aliphatic carbocycles. The molecule has 2 aromatic rings. The van der Waals surface area contributed by atoms with Crippen molar-refractivity contribution in [1.29, 1.82) is 0 Å². The number of carbonyl (C=O) groups is 4. The normalized spacial score (nSPS) is 14.5. The van der Waals surface area contributed by atoms with E-state index in [0.717, 1.165) is 48.4 Å². The summed E-state index contributed by atoms with van der Waals surface area (Å²) in [6.07, 6.45) is 5.60. The lowest BCUT2D eigenvalue weighted by Gasteiger charge is -2.19. The number of nitrogens with zero attached hydrogens (tertiary/aromatic N) is 1. The SMILES string of the molecule is CC(C)c1cccc(C(C)C)c1OC(=O)CCC(=O)NCCN1CCCC1.CC(C)c1cccc(C(C)C)c1OC(=O)CCC(=O)NCC[NH+]1CCCC1.Cl. The van der Waals surface area contributed by atoms with Gasteiger partial charge in [0.1, 0.15) is 11.5 Å². The molecular formula is C44H70ClN4O6+. The van der Waals surface area contributed by atoms with E-state index in [0.29, 0.717) is 24.6 Å². The standard InChI is InChI=1S/2C22H34N2O3.ClH/c2*1-16(2)18-8-7-9-19(17(3)4)22(18)27-21(26)11-10-20(25)23-12-15-24-13-5-6-14-24;/h2*7-9,16-17H,5-6,10-15H2,1-4H3,(H,23,25);1H/p+1. The third-order valence-corrected chi connectivity index (χ3v) is 10.2. The highest BCUT2D eigenvalue weighted by Crippen LogP contribution is 2.36. The number of para-hydroxylation sites is 2. The molecule has 3 N–H and O–H groups in total. The first-order chi connectivity index (χ1) is 25.8. The molecule has 10 nitrogen and oxygen atoms in total. The van der Waals surface area contributed by atoms with Gasteiger partial charge in [0.2, 0.25) is 11.8 Å². The molecule has 0 radical (unpaired) electrons. The van der Waals surface area contributed by atoms with E-state index in [1.54, 1.807) is 4.90 Å². The Morgan fingerprint density at radius 3 is 1.36 bits per heavy atom. The predicted molar refractivity (Wildman–Crippen MR) is 223 cm³/mol. The topological polar surface area (TPSA) is 118 Å². The summed E-state index contributed by atoms with van der Waals surface area (Å²) in [5.74, 6) is 1.54. The van der Waals surface area contributed by atoms with Crippen molar-refractivity contribution in [1.82, 2.24) is 15.5 Å². The Labute approximate surface area is 337 Å². The van der Waals surface area contributed by atoms with Gasteiger partial charge >= 0.3 is 11.9 Å². The van der Waals surface area contributed by atoms with Crippen LogP contribution in [0.3, 0.4) is 0 Å². The fourth-order valence-electron chi connectivity index (χ4n) is 7.00. The fourth-order valence-corrected chi connectivity index (χ4v) is 7.00. The van der Waals surface area contributed by atoms with Gasteiger partial charge in [0, 0.05) is 38.8 Å². The zero-order chi connectivity index (χ0) is 39.6. The smallest absolute Gasteiger partial charge is 0.311 e. The van der Waals surface area contributed by atoms with Crippen molar-refractivity contribution in [3.63, 3.8) is 0 Å². The highest BCUT2D eigenvalue weighted by molar-refractivity contribution is 5.85. The average Bonchev–Trinajstić information content (AvgIpc) is 3.85. The second-order valence-corrected chi connectivity index (χ2v) is 16.1. The van der Waals surface area contributed by atoms with Gasteiger partial charge in [-0.1, -0.05) is 91.8 Å². The Hall–Kier alpha value is -3.47. The summed E-state index contributed by atoms with van der Waals surface area (Å²) in [5, 5.41) is 5.82. The van der Waals surface area contributed by atoms with Crippen molar-refractivity contribution in [2.75, 3.05) is 52.4 Å². The number of esters is 2. The molecule has 2 aliphatic rings. The molecule has 11 heteroatoms. The Balaban J connectivity index is 0.000000373. The Morgan fingerprint density at radius 2 is 0.982 bits per heavy atom. The van der Waals surface area contributed by atoms with Crippen LogP contribution in [0.5, 0.6) is 11.5 Å². The highest BCUT2D eigenvalue weighted by atomic mass is 35.5. The van der Waals surface area contributed by atoms with Crippen LogP contribution in [0.15, 0.2) is 36.4 Å². The van der Waals surface area contributed by atoms with Crippen LogP contribution in [-0.2, 0) is 19.2 Å². The van der Waals surface area contributed by atoms with Crippen molar-refractivity contribution in [2.24, 2.45) is 0 Å². The van der Waals surface area contributed by atoms with Gasteiger partial charge < -0.3 is 29.9 Å². The van der Waals surface area contributed by atoms with Crippen molar-refractivity contribution in [3.05, 3.63) is 58.7 Å². The third-order valence-electron chi connectivity index (χ3n) is 10.2. The first kappa shape index (κ1) is 47.7. The lowest BCUT2D eigenvalue weighted by atomic mass is 9.94. The van der Waals surface area contributed by atoms with Crippen LogP contribution in [0.1, 0.15) is 153 Å². The largest absolute Gasteiger partial charge is 0.426 e. The van der Waals surface area contributed by atoms with E-state index in [4.69, 9.17) is 9.47 Å². The summed E-state index contributed by atoms with van der Waals surface area (Å²) < 4.78 is 11.4. The Morgan fingerprint density at radius 1 is 0.600 bits per heavy atom. The van der Waals surface area contributed by atoms with E-state index in [9.17, 15) is 19.2 Å². The number of ether oxygens (including phenoxy) is 2. The van der Waals surface area contributed by atoms with E-state index < -0.39 is 0 Å². The number of rotatable bonds is 18. The van der Waals surface area contributed by atoms with Gasteiger partial charge in [-0.15, -0.1) is 12.4 Å². The van der Waals surface area contributed by atoms with Crippen LogP contribution < -0.4 is 25.0 Å². The van der Waals surface area contributed by atoms with E-state index in [-0.39, 0.29) is 85.5 Å². The molecule has 2 aromatic carbocycles. The number of halogens is 1. The summed E-state index contributed by atoms with van der Waals surface area (Å²) in [5.41, 5.74) is 4.13. The van der Waals surface area contributed by atoms with Gasteiger partial charge in [-0.05, 0) is 71.9 Å². The van der Waals surface area contributed by atoms with Crippen molar-refractivity contribution in [2.45, 2.75) is 130 Å².